The lowest BCUT2D eigenvalue weighted by Gasteiger charge is -2.17. The highest BCUT2D eigenvalue weighted by molar-refractivity contribution is 6.28. The Morgan fingerprint density at radius 2 is 2.16 bits per heavy atom. The number of halogens is 1. The number of nitrogens with one attached hydrogen (secondary N) is 1. The second kappa shape index (κ2) is 7.85. The average Bonchev–Trinajstić information content (AvgIpc) is 2.38. The molecule has 1 aromatic rings. The summed E-state index contributed by atoms with van der Waals surface area (Å²) in [6.45, 7) is 7.74. The third-order valence-electron chi connectivity index (χ3n) is 2.77. The van der Waals surface area contributed by atoms with Gasteiger partial charge in [-0.2, -0.15) is 4.98 Å². The predicted molar refractivity (Wildman–Crippen MR) is 74.6 cm³/mol. The van der Waals surface area contributed by atoms with Crippen molar-refractivity contribution in [3.63, 3.8) is 0 Å². The van der Waals surface area contributed by atoms with E-state index in [1.807, 2.05) is 0 Å². The molecule has 0 saturated heterocycles. The zero-order chi connectivity index (χ0) is 14.3. The summed E-state index contributed by atoms with van der Waals surface area (Å²) in [4.78, 5) is 20.0. The Morgan fingerprint density at radius 1 is 1.47 bits per heavy atom. The van der Waals surface area contributed by atoms with Crippen LogP contribution in [0.5, 0.6) is 0 Å². The maximum absolute atomic E-state index is 10.8. The minimum Gasteiger partial charge on any atom is -0.364 e. The molecule has 1 rings (SSSR count). The van der Waals surface area contributed by atoms with Crippen LogP contribution in [-0.2, 0) is 0 Å². The number of nitro groups is 1. The van der Waals surface area contributed by atoms with Gasteiger partial charge in [0.1, 0.15) is 6.20 Å². The zero-order valence-electron chi connectivity index (χ0n) is 11.1. The van der Waals surface area contributed by atoms with Crippen molar-refractivity contribution in [1.82, 2.24) is 14.9 Å². The van der Waals surface area contributed by atoms with Gasteiger partial charge < -0.3 is 10.2 Å². The van der Waals surface area contributed by atoms with Crippen molar-refractivity contribution < 1.29 is 4.92 Å². The van der Waals surface area contributed by atoms with E-state index in [0.29, 0.717) is 6.54 Å². The molecule has 1 aromatic heterocycles. The summed E-state index contributed by atoms with van der Waals surface area (Å²) >= 11 is 5.64. The third-order valence-corrected chi connectivity index (χ3v) is 2.96. The molecule has 0 fully saturated rings. The van der Waals surface area contributed by atoms with Gasteiger partial charge in [-0.1, -0.05) is 13.8 Å². The fraction of sp³-hybridized carbons (Fsp3) is 0.636. The summed E-state index contributed by atoms with van der Waals surface area (Å²) in [7, 11) is 0. The van der Waals surface area contributed by atoms with Crippen LogP contribution in [0.4, 0.5) is 11.5 Å². The van der Waals surface area contributed by atoms with E-state index in [9.17, 15) is 10.1 Å². The first kappa shape index (κ1) is 15.6. The maximum atomic E-state index is 10.8. The quantitative estimate of drug-likeness (QED) is 0.341. The zero-order valence-corrected chi connectivity index (χ0v) is 11.9. The van der Waals surface area contributed by atoms with Gasteiger partial charge in [-0.05, 0) is 37.7 Å². The summed E-state index contributed by atoms with van der Waals surface area (Å²) in [6, 6.07) is 0. The monoisotopic (exact) mass is 287 g/mol. The van der Waals surface area contributed by atoms with Crippen LogP contribution in [0, 0.1) is 10.1 Å². The molecule has 0 radical (unpaired) electrons. The Labute approximate surface area is 117 Å². The molecule has 0 aromatic carbocycles. The number of aromatic nitrogens is 2. The molecule has 8 heteroatoms. The van der Waals surface area contributed by atoms with E-state index in [1.165, 1.54) is 0 Å². The van der Waals surface area contributed by atoms with Crippen LogP contribution < -0.4 is 5.32 Å². The maximum Gasteiger partial charge on any atom is 0.329 e. The molecule has 7 nitrogen and oxygen atoms in total. The number of hydrogen-bond donors (Lipinski definition) is 1. The predicted octanol–water partition coefficient (Wildman–Crippen LogP) is 2.18. The van der Waals surface area contributed by atoms with Gasteiger partial charge in [0, 0.05) is 6.54 Å². The molecule has 0 spiro atoms. The molecule has 1 N–H and O–H groups in total. The van der Waals surface area contributed by atoms with Gasteiger partial charge >= 0.3 is 5.69 Å². The normalized spacial score (nSPS) is 10.7. The number of nitrogens with zero attached hydrogens (tertiary/aromatic N) is 4. The van der Waals surface area contributed by atoms with Gasteiger partial charge in [0.15, 0.2) is 0 Å². The van der Waals surface area contributed by atoms with Crippen LogP contribution in [0.15, 0.2) is 6.20 Å². The van der Waals surface area contributed by atoms with Gasteiger partial charge in [0.05, 0.1) is 4.92 Å². The lowest BCUT2D eigenvalue weighted by atomic mass is 10.3. The Hall–Kier alpha value is -1.47. The van der Waals surface area contributed by atoms with Crippen LogP contribution in [0.1, 0.15) is 20.3 Å². The summed E-state index contributed by atoms with van der Waals surface area (Å²) in [5.74, 6) is 0.171. The molecule has 0 unspecified atom stereocenters. The number of hydrogen-bond acceptors (Lipinski definition) is 6. The van der Waals surface area contributed by atoms with Crippen molar-refractivity contribution in [2.45, 2.75) is 20.3 Å². The van der Waals surface area contributed by atoms with Crippen LogP contribution in [0.3, 0.4) is 0 Å². The standard InChI is InChI=1S/C11H18ClN5O2/c1-3-16(4-2)7-5-6-13-10-9(17(18)19)8-14-11(12)15-10/h8H,3-7H2,1-2H3,(H,13,14,15). The van der Waals surface area contributed by atoms with Crippen LogP contribution in [-0.4, -0.2) is 46.0 Å². The molecular weight excluding hydrogens is 270 g/mol. The molecule has 0 bridgehead atoms. The molecule has 1 heterocycles. The summed E-state index contributed by atoms with van der Waals surface area (Å²) in [5.41, 5.74) is -0.160. The van der Waals surface area contributed by atoms with Crippen molar-refractivity contribution in [1.29, 1.82) is 0 Å². The summed E-state index contributed by atoms with van der Waals surface area (Å²) in [6.07, 6.45) is 1.99. The van der Waals surface area contributed by atoms with Crippen LogP contribution >= 0.6 is 11.6 Å². The van der Waals surface area contributed by atoms with Gasteiger partial charge in [0.2, 0.25) is 11.1 Å². The Morgan fingerprint density at radius 3 is 2.74 bits per heavy atom. The largest absolute Gasteiger partial charge is 0.364 e. The highest BCUT2D eigenvalue weighted by atomic mass is 35.5. The minimum absolute atomic E-state index is 0.00292. The fourth-order valence-electron chi connectivity index (χ4n) is 1.67. The first-order valence-electron chi connectivity index (χ1n) is 6.21. The molecule has 0 atom stereocenters. The number of rotatable bonds is 8. The van der Waals surface area contributed by atoms with E-state index in [0.717, 1.165) is 32.3 Å². The second-order valence-corrected chi connectivity index (χ2v) is 4.28. The average molecular weight is 288 g/mol. The fourth-order valence-corrected chi connectivity index (χ4v) is 1.80. The van der Waals surface area contributed by atoms with E-state index in [-0.39, 0.29) is 16.8 Å². The molecule has 106 valence electrons. The van der Waals surface area contributed by atoms with Crippen molar-refractivity contribution in [2.24, 2.45) is 0 Å². The smallest absolute Gasteiger partial charge is 0.329 e. The first-order chi connectivity index (χ1) is 9.08. The molecular formula is C11H18ClN5O2. The third kappa shape index (κ3) is 4.96. The lowest BCUT2D eigenvalue weighted by molar-refractivity contribution is -0.384. The van der Waals surface area contributed by atoms with Gasteiger partial charge in [-0.3, -0.25) is 10.1 Å². The van der Waals surface area contributed by atoms with E-state index >= 15 is 0 Å². The van der Waals surface area contributed by atoms with Crippen LogP contribution in [0.2, 0.25) is 5.28 Å². The molecule has 0 aliphatic heterocycles. The van der Waals surface area contributed by atoms with Crippen molar-refractivity contribution in [3.8, 4) is 0 Å². The number of anilines is 1. The van der Waals surface area contributed by atoms with E-state index in [1.54, 1.807) is 0 Å². The molecule has 0 amide bonds. The molecule has 0 aliphatic rings. The van der Waals surface area contributed by atoms with Gasteiger partial charge in [-0.25, -0.2) is 4.98 Å². The van der Waals surface area contributed by atoms with E-state index < -0.39 is 4.92 Å². The summed E-state index contributed by atoms with van der Waals surface area (Å²) < 4.78 is 0. The Balaban J connectivity index is 2.53. The van der Waals surface area contributed by atoms with E-state index in [2.05, 4.69) is 34.0 Å². The highest BCUT2D eigenvalue weighted by Crippen LogP contribution is 2.21. The van der Waals surface area contributed by atoms with E-state index in [4.69, 9.17) is 11.6 Å². The second-order valence-electron chi connectivity index (χ2n) is 3.94. The lowest BCUT2D eigenvalue weighted by Crippen LogP contribution is -2.25. The topological polar surface area (TPSA) is 84.2 Å². The molecule has 19 heavy (non-hydrogen) atoms. The van der Waals surface area contributed by atoms with Crippen molar-refractivity contribution in [3.05, 3.63) is 21.6 Å². The minimum atomic E-state index is -0.525. The highest BCUT2D eigenvalue weighted by Gasteiger charge is 2.16. The molecule has 0 saturated carbocycles. The Bertz CT molecular complexity index is 426. The van der Waals surface area contributed by atoms with Crippen LogP contribution in [0.25, 0.3) is 0 Å². The SMILES string of the molecule is CCN(CC)CCCNc1nc(Cl)ncc1[N+](=O)[O-]. The summed E-state index contributed by atoms with van der Waals surface area (Å²) in [5, 5.41) is 13.7. The Kier molecular flexibility index (Phi) is 6.44. The van der Waals surface area contributed by atoms with Gasteiger partial charge in [0.25, 0.3) is 0 Å². The van der Waals surface area contributed by atoms with Gasteiger partial charge in [-0.15, -0.1) is 0 Å². The van der Waals surface area contributed by atoms with Crippen molar-refractivity contribution in [2.75, 3.05) is 31.5 Å². The molecule has 0 aliphatic carbocycles. The van der Waals surface area contributed by atoms with Crippen molar-refractivity contribution >= 4 is 23.1 Å². The first-order valence-corrected chi connectivity index (χ1v) is 6.59.